The summed E-state index contributed by atoms with van der Waals surface area (Å²) in [6, 6.07) is 0. The second kappa shape index (κ2) is 1.61. The van der Waals surface area contributed by atoms with Gasteiger partial charge in [-0.3, -0.25) is 0 Å². The van der Waals surface area contributed by atoms with Crippen LogP contribution in [0.1, 0.15) is 0 Å². The monoisotopic (exact) mass is 164 g/mol. The minimum atomic E-state index is -0.667. The molecule has 0 aromatic carbocycles. The van der Waals surface area contributed by atoms with Gasteiger partial charge in [0.15, 0.2) is 0 Å². The number of nitrogens with zero attached hydrogens (tertiary/aromatic N) is 1. The first-order chi connectivity index (χ1) is 3.30. The van der Waals surface area contributed by atoms with Crippen LogP contribution < -0.4 is 0 Å². The maximum absolute atomic E-state index is 11.8. The van der Waals surface area contributed by atoms with Crippen molar-refractivity contribution < 1.29 is 8.81 Å². The van der Waals surface area contributed by atoms with Gasteiger partial charge in [-0.25, -0.2) is 0 Å². The lowest BCUT2D eigenvalue weighted by atomic mass is 10.9. The van der Waals surface area contributed by atoms with Crippen molar-refractivity contribution in [1.29, 1.82) is 0 Å². The summed E-state index contributed by atoms with van der Waals surface area (Å²) in [5, 5.41) is 0. The maximum atomic E-state index is 11.8. The fourth-order valence-electron chi connectivity index (χ4n) is 0.189. The van der Waals surface area contributed by atoms with Gasteiger partial charge in [0.05, 0.1) is 0 Å². The molecule has 4 heteroatoms. The molecular formula is C3BrFNO. The molecule has 0 aliphatic carbocycles. The Labute approximate surface area is 47.5 Å². The van der Waals surface area contributed by atoms with E-state index in [1.807, 2.05) is 6.39 Å². The van der Waals surface area contributed by atoms with Crippen molar-refractivity contribution in [2.75, 3.05) is 0 Å². The lowest BCUT2D eigenvalue weighted by Crippen LogP contribution is -1.66. The number of hydrogen-bond acceptors (Lipinski definition) is 2. The minimum absolute atomic E-state index is 0.00694. The SMILES string of the molecule is Fc1n[c]oc1Br. The molecule has 1 radical (unpaired) electrons. The van der Waals surface area contributed by atoms with E-state index in [0.717, 1.165) is 0 Å². The molecule has 1 aromatic rings. The molecule has 0 unspecified atom stereocenters. The maximum Gasteiger partial charge on any atom is 0.287 e. The number of aromatic nitrogens is 1. The van der Waals surface area contributed by atoms with Gasteiger partial charge in [-0.15, -0.1) is 0 Å². The Morgan fingerprint density at radius 3 is 2.71 bits per heavy atom. The van der Waals surface area contributed by atoms with E-state index in [4.69, 9.17) is 0 Å². The molecule has 1 aromatic heterocycles. The number of rotatable bonds is 0. The van der Waals surface area contributed by atoms with Gasteiger partial charge in [0, 0.05) is 0 Å². The van der Waals surface area contributed by atoms with E-state index < -0.39 is 5.95 Å². The third-order valence-corrected chi connectivity index (χ3v) is 0.930. The van der Waals surface area contributed by atoms with Crippen LogP contribution >= 0.6 is 15.9 Å². The number of hydrogen-bond donors (Lipinski definition) is 0. The summed E-state index contributed by atoms with van der Waals surface area (Å²) < 4.78 is 16.1. The van der Waals surface area contributed by atoms with E-state index in [0.29, 0.717) is 0 Å². The molecule has 0 aliphatic heterocycles. The summed E-state index contributed by atoms with van der Waals surface area (Å²) in [7, 11) is 0. The number of oxazole rings is 1. The first kappa shape index (κ1) is 4.77. The Bertz CT molecular complexity index is 147. The normalized spacial score (nSPS) is 9.43. The Balaban J connectivity index is 3.12. The molecule has 1 rings (SSSR count). The first-order valence-corrected chi connectivity index (χ1v) is 2.28. The van der Waals surface area contributed by atoms with Crippen LogP contribution in [-0.2, 0) is 0 Å². The molecule has 37 valence electrons. The number of halogens is 2. The van der Waals surface area contributed by atoms with Crippen LogP contribution in [0.2, 0.25) is 0 Å². The van der Waals surface area contributed by atoms with Gasteiger partial charge in [-0.1, -0.05) is 0 Å². The highest BCUT2D eigenvalue weighted by Crippen LogP contribution is 2.10. The third kappa shape index (κ3) is 0.796. The molecule has 0 N–H and O–H groups in total. The molecular weight excluding hydrogens is 165 g/mol. The third-order valence-electron chi connectivity index (χ3n) is 0.441. The van der Waals surface area contributed by atoms with Crippen LogP contribution in [0.5, 0.6) is 0 Å². The van der Waals surface area contributed by atoms with Crippen LogP contribution in [0.4, 0.5) is 4.39 Å². The summed E-state index contributed by atoms with van der Waals surface area (Å²) >= 11 is 2.73. The van der Waals surface area contributed by atoms with E-state index in [2.05, 4.69) is 25.3 Å². The van der Waals surface area contributed by atoms with Crippen LogP contribution in [0, 0.1) is 12.3 Å². The van der Waals surface area contributed by atoms with Crippen LogP contribution in [-0.4, -0.2) is 4.98 Å². The Kier molecular flexibility index (Phi) is 1.10. The van der Waals surface area contributed by atoms with Gasteiger partial charge in [0.25, 0.3) is 12.3 Å². The van der Waals surface area contributed by atoms with E-state index in [9.17, 15) is 4.39 Å². The highest BCUT2D eigenvalue weighted by atomic mass is 79.9. The Morgan fingerprint density at radius 1 is 1.86 bits per heavy atom. The van der Waals surface area contributed by atoms with E-state index in [-0.39, 0.29) is 4.67 Å². The van der Waals surface area contributed by atoms with Crippen molar-refractivity contribution in [2.45, 2.75) is 0 Å². The van der Waals surface area contributed by atoms with E-state index >= 15 is 0 Å². The second-order valence-corrected chi connectivity index (χ2v) is 1.59. The van der Waals surface area contributed by atoms with E-state index in [1.54, 1.807) is 0 Å². The van der Waals surface area contributed by atoms with E-state index in [1.165, 1.54) is 0 Å². The smallest absolute Gasteiger partial charge is 0.287 e. The molecule has 7 heavy (non-hydrogen) atoms. The molecule has 0 fully saturated rings. The Hall–Kier alpha value is -0.380. The van der Waals surface area contributed by atoms with Gasteiger partial charge in [-0.05, 0) is 15.9 Å². The molecule has 0 aliphatic rings. The predicted molar refractivity (Wildman–Crippen MR) is 23.0 cm³/mol. The highest BCUT2D eigenvalue weighted by molar-refractivity contribution is 9.10. The molecule has 0 saturated heterocycles. The summed E-state index contributed by atoms with van der Waals surface area (Å²) in [6.45, 7) is 0. The predicted octanol–water partition coefficient (Wildman–Crippen LogP) is 1.38. The summed E-state index contributed by atoms with van der Waals surface area (Å²) in [5.41, 5.74) is 0. The quantitative estimate of drug-likeness (QED) is 0.580. The average Bonchev–Trinajstić information content (AvgIpc) is 1.91. The summed E-state index contributed by atoms with van der Waals surface area (Å²) in [5.74, 6) is -0.667. The summed E-state index contributed by atoms with van der Waals surface area (Å²) in [6.07, 6.45) is 1.95. The van der Waals surface area contributed by atoms with Gasteiger partial charge < -0.3 is 4.42 Å². The van der Waals surface area contributed by atoms with Gasteiger partial charge in [0.1, 0.15) is 0 Å². The van der Waals surface area contributed by atoms with Crippen molar-refractivity contribution in [3.63, 3.8) is 0 Å². The fourth-order valence-corrected chi connectivity index (χ4v) is 0.350. The van der Waals surface area contributed by atoms with Crippen LogP contribution in [0.25, 0.3) is 0 Å². The molecule has 0 amide bonds. The van der Waals surface area contributed by atoms with Crippen LogP contribution in [0.15, 0.2) is 9.09 Å². The summed E-state index contributed by atoms with van der Waals surface area (Å²) in [4.78, 5) is 3.01. The minimum Gasteiger partial charge on any atom is -0.422 e. The van der Waals surface area contributed by atoms with Gasteiger partial charge in [0.2, 0.25) is 4.67 Å². The largest absolute Gasteiger partial charge is 0.422 e. The zero-order valence-corrected chi connectivity index (χ0v) is 4.70. The fraction of sp³-hybridized carbons (Fsp3) is 0. The van der Waals surface area contributed by atoms with Crippen molar-refractivity contribution in [3.05, 3.63) is 17.0 Å². The van der Waals surface area contributed by atoms with Crippen molar-refractivity contribution in [3.8, 4) is 0 Å². The molecule has 2 nitrogen and oxygen atoms in total. The lowest BCUT2D eigenvalue weighted by molar-refractivity contribution is 0.498. The molecule has 0 bridgehead atoms. The Morgan fingerprint density at radius 2 is 2.57 bits per heavy atom. The second-order valence-electron chi connectivity index (χ2n) is 0.870. The first-order valence-electron chi connectivity index (χ1n) is 1.48. The van der Waals surface area contributed by atoms with Crippen LogP contribution in [0.3, 0.4) is 0 Å². The molecule has 0 spiro atoms. The molecule has 0 saturated carbocycles. The average molecular weight is 165 g/mol. The van der Waals surface area contributed by atoms with Crippen molar-refractivity contribution in [2.24, 2.45) is 0 Å². The highest BCUT2D eigenvalue weighted by Gasteiger charge is 1.99. The van der Waals surface area contributed by atoms with Crippen molar-refractivity contribution >= 4 is 15.9 Å². The molecule has 1 heterocycles. The molecule has 0 atom stereocenters. The van der Waals surface area contributed by atoms with Gasteiger partial charge in [-0.2, -0.15) is 9.37 Å². The van der Waals surface area contributed by atoms with Crippen molar-refractivity contribution in [1.82, 2.24) is 4.98 Å². The van der Waals surface area contributed by atoms with Gasteiger partial charge >= 0.3 is 0 Å². The standard InChI is InChI=1S/C3BrFNO/c4-2-3(5)6-1-7-2. The topological polar surface area (TPSA) is 26.0 Å². The zero-order valence-electron chi connectivity index (χ0n) is 3.11. The lowest BCUT2D eigenvalue weighted by Gasteiger charge is -1.69. The zero-order chi connectivity index (χ0) is 5.28.